The largest absolute Gasteiger partial charge is 0.496 e. The van der Waals surface area contributed by atoms with E-state index in [9.17, 15) is 4.79 Å². The van der Waals surface area contributed by atoms with Gasteiger partial charge in [0, 0.05) is 17.1 Å². The van der Waals surface area contributed by atoms with Crippen LogP contribution >= 0.6 is 22.9 Å². The Morgan fingerprint density at radius 3 is 2.59 bits per heavy atom. The Labute approximate surface area is 178 Å². The molecule has 2 N–H and O–H groups in total. The van der Waals surface area contributed by atoms with Crippen LogP contribution in [0, 0.1) is 0 Å². The summed E-state index contributed by atoms with van der Waals surface area (Å²) in [5.41, 5.74) is 1.33. The number of fused-ring (bicyclic) bond motifs is 1. The highest BCUT2D eigenvalue weighted by Gasteiger charge is 2.31. The van der Waals surface area contributed by atoms with Crippen molar-refractivity contribution in [3.8, 4) is 11.5 Å². The van der Waals surface area contributed by atoms with Crippen LogP contribution in [0.3, 0.4) is 0 Å². The van der Waals surface area contributed by atoms with Crippen LogP contribution in [0.15, 0.2) is 36.4 Å². The topological polar surface area (TPSA) is 72.5 Å². The number of carbonyl (C=O) groups is 1. The molecule has 0 radical (unpaired) electrons. The fraction of sp³-hybridized carbons (Fsp3) is 0.333. The van der Waals surface area contributed by atoms with Crippen molar-refractivity contribution in [2.24, 2.45) is 0 Å². The van der Waals surface area contributed by atoms with Crippen LogP contribution in [-0.2, 0) is 0 Å². The van der Waals surface area contributed by atoms with Crippen LogP contribution in [0.1, 0.15) is 29.6 Å². The van der Waals surface area contributed by atoms with Crippen molar-refractivity contribution in [2.75, 3.05) is 19.5 Å². The molecule has 29 heavy (non-hydrogen) atoms. The summed E-state index contributed by atoms with van der Waals surface area (Å²) in [4.78, 5) is 17.6. The molecule has 8 heteroatoms. The number of amides is 1. The molecule has 0 spiro atoms. The first-order valence-corrected chi connectivity index (χ1v) is 10.6. The predicted molar refractivity (Wildman–Crippen MR) is 117 cm³/mol. The van der Waals surface area contributed by atoms with Gasteiger partial charge in [-0.3, -0.25) is 4.79 Å². The van der Waals surface area contributed by atoms with E-state index in [1.807, 2.05) is 18.2 Å². The lowest BCUT2D eigenvalue weighted by atomic mass is 10.1. The maximum atomic E-state index is 13.0. The van der Waals surface area contributed by atoms with Crippen molar-refractivity contribution >= 4 is 44.2 Å². The number of nitrogens with zero attached hydrogens (tertiary/aromatic N) is 1. The zero-order valence-corrected chi connectivity index (χ0v) is 17.8. The number of hydrogen-bond donors (Lipinski definition) is 2. The van der Waals surface area contributed by atoms with E-state index in [4.69, 9.17) is 21.1 Å². The Bertz CT molecular complexity index is 1020. The van der Waals surface area contributed by atoms with Gasteiger partial charge in [0.1, 0.15) is 17.1 Å². The number of carbonyl (C=O) groups excluding carboxylic acids is 1. The quantitative estimate of drug-likeness (QED) is 0.590. The molecule has 2 aromatic carbocycles. The van der Waals surface area contributed by atoms with Crippen molar-refractivity contribution in [1.29, 1.82) is 0 Å². The van der Waals surface area contributed by atoms with Crippen LogP contribution in [0.2, 0.25) is 5.02 Å². The first kappa shape index (κ1) is 19.8. The van der Waals surface area contributed by atoms with Gasteiger partial charge in [0.05, 0.1) is 24.4 Å². The molecule has 0 saturated heterocycles. The summed E-state index contributed by atoms with van der Waals surface area (Å²) in [7, 11) is 3.09. The van der Waals surface area contributed by atoms with E-state index in [0.29, 0.717) is 22.1 Å². The maximum absolute atomic E-state index is 13.0. The number of methoxy groups -OCH3 is 2. The molecule has 6 nitrogen and oxygen atoms in total. The average Bonchev–Trinajstić information content (AvgIpc) is 3.33. The van der Waals surface area contributed by atoms with Crippen molar-refractivity contribution in [2.45, 2.75) is 31.3 Å². The van der Waals surface area contributed by atoms with Crippen LogP contribution in [0.25, 0.3) is 10.2 Å². The van der Waals surface area contributed by atoms with Crippen molar-refractivity contribution in [3.05, 3.63) is 47.0 Å². The minimum absolute atomic E-state index is 0.00674. The molecule has 1 heterocycles. The predicted octanol–water partition coefficient (Wildman–Crippen LogP) is 4.73. The third-order valence-corrected chi connectivity index (χ3v) is 6.33. The molecule has 1 amide bonds. The Kier molecular flexibility index (Phi) is 5.78. The molecule has 4 rings (SSSR count). The zero-order valence-electron chi connectivity index (χ0n) is 16.2. The van der Waals surface area contributed by atoms with Crippen LogP contribution in [0.5, 0.6) is 11.5 Å². The van der Waals surface area contributed by atoms with E-state index in [2.05, 4.69) is 15.6 Å². The molecule has 0 bridgehead atoms. The molecule has 1 saturated carbocycles. The van der Waals surface area contributed by atoms with Crippen LogP contribution in [-0.4, -0.2) is 37.2 Å². The van der Waals surface area contributed by atoms with E-state index in [1.54, 1.807) is 43.8 Å². The molecule has 1 aliphatic rings. The van der Waals surface area contributed by atoms with Crippen molar-refractivity contribution < 1.29 is 14.3 Å². The zero-order chi connectivity index (χ0) is 20.4. The standard InChI is InChI=1S/C21H22ClN3O3S/c1-27-16-7-4-8-17(28-2)19(16)20(26)23-13-5-3-6-14(13)24-21-25-15-10-9-12(22)11-18(15)29-21/h4,7-11,13-14H,3,5-6H2,1-2H3,(H,23,26)(H,24,25). The summed E-state index contributed by atoms with van der Waals surface area (Å²) < 4.78 is 11.8. The molecule has 152 valence electrons. The van der Waals surface area contributed by atoms with E-state index in [1.165, 1.54) is 0 Å². The Morgan fingerprint density at radius 1 is 1.14 bits per heavy atom. The third kappa shape index (κ3) is 4.11. The smallest absolute Gasteiger partial charge is 0.259 e. The number of benzene rings is 2. The second-order valence-electron chi connectivity index (χ2n) is 6.93. The highest BCUT2D eigenvalue weighted by atomic mass is 35.5. The third-order valence-electron chi connectivity index (χ3n) is 5.15. The van der Waals surface area contributed by atoms with Gasteiger partial charge >= 0.3 is 0 Å². The van der Waals surface area contributed by atoms with Crippen molar-refractivity contribution in [1.82, 2.24) is 10.3 Å². The van der Waals surface area contributed by atoms with Crippen LogP contribution < -0.4 is 20.1 Å². The number of rotatable bonds is 6. The van der Waals surface area contributed by atoms with E-state index >= 15 is 0 Å². The lowest BCUT2D eigenvalue weighted by Crippen LogP contribution is -2.43. The van der Waals surface area contributed by atoms with E-state index in [-0.39, 0.29) is 18.0 Å². The Balaban J connectivity index is 1.51. The van der Waals surface area contributed by atoms with Gasteiger partial charge in [0.25, 0.3) is 5.91 Å². The SMILES string of the molecule is COc1cccc(OC)c1C(=O)NC1CCCC1Nc1nc2ccc(Cl)cc2s1. The van der Waals surface area contributed by atoms with Gasteiger partial charge < -0.3 is 20.1 Å². The fourth-order valence-electron chi connectivity index (χ4n) is 3.74. The van der Waals surface area contributed by atoms with Gasteiger partial charge in [-0.2, -0.15) is 0 Å². The van der Waals surface area contributed by atoms with Gasteiger partial charge in [0.2, 0.25) is 0 Å². The molecule has 1 aliphatic carbocycles. The highest BCUT2D eigenvalue weighted by molar-refractivity contribution is 7.22. The van der Waals surface area contributed by atoms with Gasteiger partial charge in [0.15, 0.2) is 5.13 Å². The first-order valence-electron chi connectivity index (χ1n) is 9.43. The molecule has 2 unspecified atom stereocenters. The van der Waals surface area contributed by atoms with Crippen LogP contribution in [0.4, 0.5) is 5.13 Å². The van der Waals surface area contributed by atoms with Gasteiger partial charge in [-0.25, -0.2) is 4.98 Å². The summed E-state index contributed by atoms with van der Waals surface area (Å²) >= 11 is 7.65. The van der Waals surface area contributed by atoms with Gasteiger partial charge in [-0.05, 0) is 49.6 Å². The number of thiazole rings is 1. The minimum Gasteiger partial charge on any atom is -0.496 e. The normalized spacial score (nSPS) is 18.6. The number of nitrogens with one attached hydrogen (secondary N) is 2. The Hall–Kier alpha value is -2.51. The molecule has 3 aromatic rings. The second-order valence-corrected chi connectivity index (χ2v) is 8.40. The summed E-state index contributed by atoms with van der Waals surface area (Å²) in [6, 6.07) is 11.1. The fourth-order valence-corrected chi connectivity index (χ4v) is 4.94. The van der Waals surface area contributed by atoms with E-state index < -0.39 is 0 Å². The summed E-state index contributed by atoms with van der Waals surface area (Å²) in [5, 5.41) is 8.19. The molecular formula is C21H22ClN3O3S. The Morgan fingerprint density at radius 2 is 1.86 bits per heavy atom. The molecular weight excluding hydrogens is 410 g/mol. The minimum atomic E-state index is -0.200. The summed E-state index contributed by atoms with van der Waals surface area (Å²) in [6.07, 6.45) is 2.89. The maximum Gasteiger partial charge on any atom is 0.259 e. The number of hydrogen-bond acceptors (Lipinski definition) is 6. The van der Waals surface area contributed by atoms with Gasteiger partial charge in [-0.15, -0.1) is 0 Å². The summed E-state index contributed by atoms with van der Waals surface area (Å²) in [6.45, 7) is 0. The molecule has 1 fully saturated rings. The number of aromatic nitrogens is 1. The van der Waals surface area contributed by atoms with E-state index in [0.717, 1.165) is 34.6 Å². The van der Waals surface area contributed by atoms with Gasteiger partial charge in [-0.1, -0.05) is 29.0 Å². The molecule has 1 aromatic heterocycles. The average molecular weight is 432 g/mol. The number of ether oxygens (including phenoxy) is 2. The number of halogens is 1. The number of anilines is 1. The highest BCUT2D eigenvalue weighted by Crippen LogP contribution is 2.32. The first-order chi connectivity index (χ1) is 14.1. The monoisotopic (exact) mass is 431 g/mol. The lowest BCUT2D eigenvalue weighted by Gasteiger charge is -2.23. The summed E-state index contributed by atoms with van der Waals surface area (Å²) in [5.74, 6) is 0.786. The molecule has 0 aliphatic heterocycles. The lowest BCUT2D eigenvalue weighted by molar-refractivity contribution is 0.0929. The molecule has 2 atom stereocenters. The second kappa shape index (κ2) is 8.47. The van der Waals surface area contributed by atoms with Crippen molar-refractivity contribution in [3.63, 3.8) is 0 Å².